The highest BCUT2D eigenvalue weighted by atomic mass is 16.5. The van der Waals surface area contributed by atoms with Gasteiger partial charge in [0.25, 0.3) is 0 Å². The van der Waals surface area contributed by atoms with Crippen molar-refractivity contribution < 1.29 is 4.74 Å². The number of methoxy groups -OCH3 is 1. The molecule has 18 heavy (non-hydrogen) atoms. The highest BCUT2D eigenvalue weighted by molar-refractivity contribution is 5.60. The molecule has 1 aromatic rings. The summed E-state index contributed by atoms with van der Waals surface area (Å²) in [5.74, 6) is 1.63. The summed E-state index contributed by atoms with van der Waals surface area (Å²) in [5, 5.41) is 3.52. The predicted molar refractivity (Wildman–Crippen MR) is 76.6 cm³/mol. The van der Waals surface area contributed by atoms with Crippen LogP contribution in [0, 0.1) is 12.8 Å². The normalized spacial score (nSPS) is 24.8. The molecule has 0 aliphatic carbocycles. The zero-order valence-electron chi connectivity index (χ0n) is 11.9. The van der Waals surface area contributed by atoms with Gasteiger partial charge in [-0.1, -0.05) is 13.0 Å². The molecule has 1 aliphatic heterocycles. The molecule has 0 aromatic heterocycles. The molecule has 1 heterocycles. The molecule has 2 unspecified atom stereocenters. The van der Waals surface area contributed by atoms with E-state index in [1.54, 1.807) is 7.11 Å². The molecule has 0 radical (unpaired) electrons. The van der Waals surface area contributed by atoms with Crippen LogP contribution in [0.15, 0.2) is 18.2 Å². The summed E-state index contributed by atoms with van der Waals surface area (Å²) in [4.78, 5) is 2.47. The zero-order chi connectivity index (χ0) is 13.1. The lowest BCUT2D eigenvalue weighted by Crippen LogP contribution is -2.38. The quantitative estimate of drug-likeness (QED) is 0.870. The minimum absolute atomic E-state index is 0.491. The first-order valence-corrected chi connectivity index (χ1v) is 6.73. The van der Waals surface area contributed by atoms with Crippen LogP contribution in [0.5, 0.6) is 5.75 Å². The van der Waals surface area contributed by atoms with Gasteiger partial charge < -0.3 is 15.0 Å². The van der Waals surface area contributed by atoms with Crippen LogP contribution in [0.4, 0.5) is 5.69 Å². The van der Waals surface area contributed by atoms with Gasteiger partial charge in [-0.25, -0.2) is 0 Å². The Kier molecular flexibility index (Phi) is 4.12. The number of aryl methyl sites for hydroxylation is 1. The van der Waals surface area contributed by atoms with E-state index >= 15 is 0 Å². The highest BCUT2D eigenvalue weighted by Crippen LogP contribution is 2.31. The molecular weight excluding hydrogens is 224 g/mol. The van der Waals surface area contributed by atoms with E-state index in [2.05, 4.69) is 49.2 Å². The summed E-state index contributed by atoms with van der Waals surface area (Å²) in [6, 6.07) is 6.89. The van der Waals surface area contributed by atoms with Crippen molar-refractivity contribution in [3.63, 3.8) is 0 Å². The summed E-state index contributed by atoms with van der Waals surface area (Å²) in [6.45, 7) is 9.89. The van der Waals surface area contributed by atoms with Gasteiger partial charge in [-0.05, 0) is 44.0 Å². The standard InChI is InChI=1S/C15H24N2O/c1-11-5-6-15(18-4)14(7-11)17-10-12(2)8-16-9-13(17)3/h5-7,12-13,16H,8-10H2,1-4H3. The monoisotopic (exact) mass is 248 g/mol. The Morgan fingerprint density at radius 3 is 2.78 bits per heavy atom. The fraction of sp³-hybridized carbons (Fsp3) is 0.600. The van der Waals surface area contributed by atoms with Gasteiger partial charge in [-0.3, -0.25) is 0 Å². The second-order valence-corrected chi connectivity index (χ2v) is 5.44. The maximum atomic E-state index is 5.52. The van der Waals surface area contributed by atoms with E-state index in [4.69, 9.17) is 4.74 Å². The fourth-order valence-corrected chi connectivity index (χ4v) is 2.59. The highest BCUT2D eigenvalue weighted by Gasteiger charge is 2.23. The third-order valence-corrected chi connectivity index (χ3v) is 3.62. The van der Waals surface area contributed by atoms with Crippen molar-refractivity contribution in [1.82, 2.24) is 5.32 Å². The van der Waals surface area contributed by atoms with Crippen molar-refractivity contribution in [1.29, 1.82) is 0 Å². The van der Waals surface area contributed by atoms with Crippen LogP contribution in [-0.2, 0) is 0 Å². The number of hydrogen-bond acceptors (Lipinski definition) is 3. The molecule has 2 rings (SSSR count). The van der Waals surface area contributed by atoms with Crippen LogP contribution in [0.1, 0.15) is 19.4 Å². The Balaban J connectivity index is 2.35. The molecule has 0 bridgehead atoms. The van der Waals surface area contributed by atoms with Crippen molar-refractivity contribution in [2.45, 2.75) is 26.8 Å². The van der Waals surface area contributed by atoms with Crippen LogP contribution in [0.25, 0.3) is 0 Å². The van der Waals surface area contributed by atoms with Crippen LogP contribution in [-0.4, -0.2) is 32.8 Å². The van der Waals surface area contributed by atoms with Crippen LogP contribution in [0.2, 0.25) is 0 Å². The number of ether oxygens (including phenoxy) is 1. The Bertz CT molecular complexity index is 405. The lowest BCUT2D eigenvalue weighted by Gasteiger charge is -2.32. The number of rotatable bonds is 2. The van der Waals surface area contributed by atoms with Crippen molar-refractivity contribution in [3.05, 3.63) is 23.8 Å². The van der Waals surface area contributed by atoms with Crippen molar-refractivity contribution in [3.8, 4) is 5.75 Å². The largest absolute Gasteiger partial charge is 0.495 e. The number of benzene rings is 1. The first-order chi connectivity index (χ1) is 8.61. The molecule has 1 N–H and O–H groups in total. The summed E-state index contributed by atoms with van der Waals surface area (Å²) in [6.07, 6.45) is 0. The molecule has 1 aromatic carbocycles. The smallest absolute Gasteiger partial charge is 0.142 e. The van der Waals surface area contributed by atoms with E-state index in [0.717, 1.165) is 25.4 Å². The van der Waals surface area contributed by atoms with Gasteiger partial charge in [0.1, 0.15) is 5.75 Å². The molecule has 3 nitrogen and oxygen atoms in total. The van der Waals surface area contributed by atoms with Gasteiger partial charge in [0.05, 0.1) is 12.8 Å². The van der Waals surface area contributed by atoms with Gasteiger partial charge in [0.15, 0.2) is 0 Å². The van der Waals surface area contributed by atoms with Crippen LogP contribution >= 0.6 is 0 Å². The molecule has 0 spiro atoms. The topological polar surface area (TPSA) is 24.5 Å². The third kappa shape index (κ3) is 2.78. The second kappa shape index (κ2) is 5.61. The van der Waals surface area contributed by atoms with Gasteiger partial charge in [0, 0.05) is 19.1 Å². The molecule has 3 heteroatoms. The molecule has 0 saturated carbocycles. The van der Waals surface area contributed by atoms with Gasteiger partial charge in [-0.2, -0.15) is 0 Å². The van der Waals surface area contributed by atoms with E-state index in [-0.39, 0.29) is 0 Å². The van der Waals surface area contributed by atoms with Crippen LogP contribution in [0.3, 0.4) is 0 Å². The summed E-state index contributed by atoms with van der Waals surface area (Å²) >= 11 is 0. The number of nitrogens with one attached hydrogen (secondary N) is 1. The first-order valence-electron chi connectivity index (χ1n) is 6.73. The SMILES string of the molecule is COc1ccc(C)cc1N1CC(C)CNCC1C. The first kappa shape index (κ1) is 13.2. The lowest BCUT2D eigenvalue weighted by atomic mass is 10.1. The predicted octanol–water partition coefficient (Wildman–Crippen LogP) is 2.44. The van der Waals surface area contributed by atoms with E-state index in [9.17, 15) is 0 Å². The van der Waals surface area contributed by atoms with E-state index in [0.29, 0.717) is 12.0 Å². The van der Waals surface area contributed by atoms with Gasteiger partial charge in [-0.15, -0.1) is 0 Å². The third-order valence-electron chi connectivity index (χ3n) is 3.62. The minimum atomic E-state index is 0.491. The maximum absolute atomic E-state index is 5.52. The maximum Gasteiger partial charge on any atom is 0.142 e. The Labute approximate surface area is 110 Å². The Hall–Kier alpha value is -1.22. The average Bonchev–Trinajstić information content (AvgIpc) is 2.51. The number of anilines is 1. The Morgan fingerprint density at radius 2 is 2.06 bits per heavy atom. The van der Waals surface area contributed by atoms with Gasteiger partial charge in [0.2, 0.25) is 0 Å². The van der Waals surface area contributed by atoms with Crippen LogP contribution < -0.4 is 15.0 Å². The molecule has 1 saturated heterocycles. The fourth-order valence-electron chi connectivity index (χ4n) is 2.59. The van der Waals surface area contributed by atoms with E-state index in [1.807, 2.05) is 0 Å². The van der Waals surface area contributed by atoms with Gasteiger partial charge >= 0.3 is 0 Å². The molecular formula is C15H24N2O. The summed E-state index contributed by atoms with van der Waals surface area (Å²) < 4.78 is 5.52. The van der Waals surface area contributed by atoms with E-state index < -0.39 is 0 Å². The minimum Gasteiger partial charge on any atom is -0.495 e. The average molecular weight is 248 g/mol. The molecule has 2 atom stereocenters. The summed E-state index contributed by atoms with van der Waals surface area (Å²) in [7, 11) is 1.75. The summed E-state index contributed by atoms with van der Waals surface area (Å²) in [5.41, 5.74) is 2.50. The molecule has 0 amide bonds. The zero-order valence-corrected chi connectivity index (χ0v) is 11.9. The van der Waals surface area contributed by atoms with E-state index in [1.165, 1.54) is 11.3 Å². The Morgan fingerprint density at radius 1 is 1.28 bits per heavy atom. The molecule has 1 aliphatic rings. The van der Waals surface area contributed by atoms with Crippen molar-refractivity contribution in [2.24, 2.45) is 5.92 Å². The molecule has 100 valence electrons. The second-order valence-electron chi connectivity index (χ2n) is 5.44. The molecule has 1 fully saturated rings. The lowest BCUT2D eigenvalue weighted by molar-refractivity contribution is 0.412. The number of hydrogen-bond donors (Lipinski definition) is 1. The van der Waals surface area contributed by atoms with Crippen molar-refractivity contribution in [2.75, 3.05) is 31.6 Å². The number of nitrogens with zero attached hydrogens (tertiary/aromatic N) is 1. The van der Waals surface area contributed by atoms with Crippen molar-refractivity contribution >= 4 is 5.69 Å².